The summed E-state index contributed by atoms with van der Waals surface area (Å²) in [7, 11) is 1.74. The van der Waals surface area contributed by atoms with E-state index in [2.05, 4.69) is 31.9 Å². The first-order chi connectivity index (χ1) is 8.66. The second-order valence-electron chi connectivity index (χ2n) is 4.44. The molecule has 1 aromatic rings. The van der Waals surface area contributed by atoms with Crippen molar-refractivity contribution in [3.8, 4) is 0 Å². The van der Waals surface area contributed by atoms with Gasteiger partial charge in [-0.2, -0.15) is 4.31 Å². The van der Waals surface area contributed by atoms with E-state index in [0.717, 1.165) is 4.47 Å². The lowest BCUT2D eigenvalue weighted by Gasteiger charge is -2.21. The third kappa shape index (κ3) is 4.16. The van der Waals surface area contributed by atoms with E-state index in [0.29, 0.717) is 17.6 Å². The maximum absolute atomic E-state index is 12.5. The van der Waals surface area contributed by atoms with Crippen LogP contribution in [0.3, 0.4) is 0 Å². The van der Waals surface area contributed by atoms with Crippen LogP contribution in [0.5, 0.6) is 0 Å². The van der Waals surface area contributed by atoms with Gasteiger partial charge >= 0.3 is 0 Å². The Morgan fingerprint density at radius 3 is 2.21 bits per heavy atom. The quantitative estimate of drug-likeness (QED) is 0.748. The van der Waals surface area contributed by atoms with E-state index in [1.165, 1.54) is 4.31 Å². The Balaban J connectivity index is 3.14. The molecule has 0 heterocycles. The Hall–Kier alpha value is -0.150. The zero-order valence-electron chi connectivity index (χ0n) is 11.0. The number of likely N-dealkylation sites (N-methyl/N-ethyl adjacent to an activating group) is 2. The molecule has 0 spiro atoms. The third-order valence-corrected chi connectivity index (χ3v) is 5.89. The van der Waals surface area contributed by atoms with Gasteiger partial charge in [-0.3, -0.25) is 0 Å². The first-order valence-electron chi connectivity index (χ1n) is 5.52. The summed E-state index contributed by atoms with van der Waals surface area (Å²) in [6.07, 6.45) is 0. The van der Waals surface area contributed by atoms with Crippen LogP contribution in [-0.2, 0) is 10.0 Å². The predicted molar refractivity (Wildman–Crippen MR) is 84.6 cm³/mol. The lowest BCUT2D eigenvalue weighted by molar-refractivity contribution is 0.358. The van der Waals surface area contributed by atoms with Crippen molar-refractivity contribution in [2.75, 3.05) is 40.0 Å². The summed E-state index contributed by atoms with van der Waals surface area (Å²) in [6.45, 7) is 1.04. The Morgan fingerprint density at radius 2 is 1.74 bits per heavy atom. The highest BCUT2D eigenvalue weighted by atomic mass is 79.9. The predicted octanol–water partition coefficient (Wildman–Crippen LogP) is 1.98. The van der Waals surface area contributed by atoms with Crippen LogP contribution in [0.1, 0.15) is 0 Å². The number of sulfonamides is 1. The average molecular weight is 415 g/mol. The van der Waals surface area contributed by atoms with Crippen molar-refractivity contribution >= 4 is 47.6 Å². The molecular formula is C11H17Br2N3O2S. The lowest BCUT2D eigenvalue weighted by atomic mass is 10.3. The standard InChI is InChI=1S/C11H17Br2N3O2S/c1-15(2)4-5-16(3)19(17,18)11-9(13)6-8(12)7-10(11)14/h6-7H,4-5,14H2,1-3H3. The van der Waals surface area contributed by atoms with Gasteiger partial charge in [-0.1, -0.05) is 15.9 Å². The van der Waals surface area contributed by atoms with E-state index in [-0.39, 0.29) is 10.6 Å². The van der Waals surface area contributed by atoms with Gasteiger partial charge in [-0.15, -0.1) is 0 Å². The molecule has 0 aromatic heterocycles. The van der Waals surface area contributed by atoms with Gasteiger partial charge in [-0.05, 0) is 42.2 Å². The number of hydrogen-bond acceptors (Lipinski definition) is 4. The fourth-order valence-corrected chi connectivity index (χ4v) is 4.64. The number of benzene rings is 1. The Bertz CT molecular complexity index is 538. The number of hydrogen-bond donors (Lipinski definition) is 1. The summed E-state index contributed by atoms with van der Waals surface area (Å²) in [5.74, 6) is 0. The van der Waals surface area contributed by atoms with Crippen LogP contribution in [0.2, 0.25) is 0 Å². The van der Waals surface area contributed by atoms with Crippen LogP contribution in [0.15, 0.2) is 26.0 Å². The van der Waals surface area contributed by atoms with Crippen molar-refractivity contribution in [2.24, 2.45) is 0 Å². The summed E-state index contributed by atoms with van der Waals surface area (Å²) in [4.78, 5) is 2.03. The van der Waals surface area contributed by atoms with Crippen LogP contribution >= 0.6 is 31.9 Å². The first kappa shape index (κ1) is 16.9. The van der Waals surface area contributed by atoms with Crippen molar-refractivity contribution in [3.63, 3.8) is 0 Å². The van der Waals surface area contributed by atoms with Gasteiger partial charge in [0.25, 0.3) is 0 Å². The zero-order valence-corrected chi connectivity index (χ0v) is 15.0. The number of halogens is 2. The molecule has 0 fully saturated rings. The van der Waals surface area contributed by atoms with Crippen molar-refractivity contribution in [1.29, 1.82) is 0 Å². The van der Waals surface area contributed by atoms with Crippen molar-refractivity contribution in [2.45, 2.75) is 4.90 Å². The van der Waals surface area contributed by atoms with Crippen molar-refractivity contribution in [1.82, 2.24) is 9.21 Å². The normalized spacial score (nSPS) is 12.4. The minimum absolute atomic E-state index is 0.108. The largest absolute Gasteiger partial charge is 0.398 e. The maximum atomic E-state index is 12.5. The first-order valence-corrected chi connectivity index (χ1v) is 8.54. The molecule has 1 aromatic carbocycles. The van der Waals surface area contributed by atoms with Crippen molar-refractivity contribution in [3.05, 3.63) is 21.1 Å². The molecule has 0 aliphatic carbocycles. The topological polar surface area (TPSA) is 66.6 Å². The van der Waals surface area contributed by atoms with E-state index >= 15 is 0 Å². The number of nitrogens with two attached hydrogens (primary N) is 1. The monoisotopic (exact) mass is 413 g/mol. The molecule has 1 rings (SSSR count). The van der Waals surface area contributed by atoms with E-state index < -0.39 is 10.0 Å². The molecule has 0 radical (unpaired) electrons. The summed E-state index contributed by atoms with van der Waals surface area (Å²) in [6, 6.07) is 3.25. The molecule has 0 amide bonds. The molecule has 5 nitrogen and oxygen atoms in total. The summed E-state index contributed by atoms with van der Waals surface area (Å²) < 4.78 is 27.4. The highest BCUT2D eigenvalue weighted by molar-refractivity contribution is 9.11. The fraction of sp³-hybridized carbons (Fsp3) is 0.455. The highest BCUT2D eigenvalue weighted by Crippen LogP contribution is 2.33. The van der Waals surface area contributed by atoms with E-state index in [1.54, 1.807) is 19.2 Å². The smallest absolute Gasteiger partial charge is 0.246 e. The minimum atomic E-state index is -3.60. The van der Waals surface area contributed by atoms with Crippen LogP contribution < -0.4 is 5.73 Å². The summed E-state index contributed by atoms with van der Waals surface area (Å²) in [5, 5.41) is 0. The van der Waals surface area contributed by atoms with Gasteiger partial charge in [0.15, 0.2) is 0 Å². The molecule has 0 atom stereocenters. The van der Waals surface area contributed by atoms with Gasteiger partial charge in [-0.25, -0.2) is 8.42 Å². The summed E-state index contributed by atoms with van der Waals surface area (Å²) >= 11 is 6.53. The van der Waals surface area contributed by atoms with Gasteiger partial charge in [0.05, 0.1) is 5.69 Å². The second-order valence-corrected chi connectivity index (χ2v) is 8.19. The molecule has 0 bridgehead atoms. The number of anilines is 1. The molecular weight excluding hydrogens is 398 g/mol. The van der Waals surface area contributed by atoms with Gasteiger partial charge < -0.3 is 10.6 Å². The fourth-order valence-electron chi connectivity index (χ4n) is 1.47. The maximum Gasteiger partial charge on any atom is 0.246 e. The molecule has 0 unspecified atom stereocenters. The number of nitrogens with zero attached hydrogens (tertiary/aromatic N) is 2. The molecule has 0 aliphatic rings. The molecule has 0 saturated heterocycles. The zero-order chi connectivity index (χ0) is 14.8. The molecule has 2 N–H and O–H groups in total. The SMILES string of the molecule is CN(C)CCN(C)S(=O)(=O)c1c(N)cc(Br)cc1Br. The second kappa shape index (κ2) is 6.53. The van der Waals surface area contributed by atoms with E-state index in [1.807, 2.05) is 19.0 Å². The number of nitrogen functional groups attached to an aromatic ring is 1. The van der Waals surface area contributed by atoms with Gasteiger partial charge in [0, 0.05) is 29.1 Å². The van der Waals surface area contributed by atoms with Crippen LogP contribution in [0.25, 0.3) is 0 Å². The highest BCUT2D eigenvalue weighted by Gasteiger charge is 2.26. The Morgan fingerprint density at radius 1 is 1.16 bits per heavy atom. The average Bonchev–Trinajstić information content (AvgIpc) is 2.23. The Labute approximate surface area is 131 Å². The van der Waals surface area contributed by atoms with Gasteiger partial charge in [0.2, 0.25) is 10.0 Å². The van der Waals surface area contributed by atoms with Crippen LogP contribution in [-0.4, -0.2) is 51.9 Å². The summed E-state index contributed by atoms with van der Waals surface area (Å²) in [5.41, 5.74) is 6.05. The van der Waals surface area contributed by atoms with Crippen molar-refractivity contribution < 1.29 is 8.42 Å². The molecule has 8 heteroatoms. The Kier molecular flexibility index (Phi) is 5.81. The van der Waals surface area contributed by atoms with Crippen LogP contribution in [0.4, 0.5) is 5.69 Å². The minimum Gasteiger partial charge on any atom is -0.398 e. The molecule has 108 valence electrons. The van der Waals surface area contributed by atoms with E-state index in [4.69, 9.17) is 5.73 Å². The molecule has 0 aliphatic heterocycles. The number of rotatable bonds is 5. The van der Waals surface area contributed by atoms with Crippen LogP contribution in [0, 0.1) is 0 Å². The van der Waals surface area contributed by atoms with Gasteiger partial charge in [0.1, 0.15) is 4.90 Å². The molecule has 0 saturated carbocycles. The molecule has 19 heavy (non-hydrogen) atoms. The lowest BCUT2D eigenvalue weighted by Crippen LogP contribution is -2.34. The third-order valence-electron chi connectivity index (χ3n) is 2.57. The van der Waals surface area contributed by atoms with E-state index in [9.17, 15) is 8.42 Å².